The van der Waals surface area contributed by atoms with E-state index in [0.29, 0.717) is 11.4 Å². The zero-order valence-electron chi connectivity index (χ0n) is 14.6. The van der Waals surface area contributed by atoms with Gasteiger partial charge in [-0.1, -0.05) is 18.2 Å². The highest BCUT2D eigenvalue weighted by Crippen LogP contribution is 2.30. The first-order valence-electron chi connectivity index (χ1n) is 8.04. The van der Waals surface area contributed by atoms with Crippen LogP contribution in [0.25, 0.3) is 0 Å². The number of rotatable bonds is 3. The van der Waals surface area contributed by atoms with Gasteiger partial charge in [0, 0.05) is 0 Å². The molecule has 2 aromatic carbocycles. The molecule has 0 radical (unpaired) electrons. The lowest BCUT2D eigenvalue weighted by Gasteiger charge is -2.14. The third kappa shape index (κ3) is 3.28. The normalized spacial score (nSPS) is 17.0. The molecular weight excluding hydrogens is 354 g/mol. The van der Waals surface area contributed by atoms with Crippen molar-refractivity contribution >= 4 is 38.9 Å². The lowest BCUT2D eigenvalue weighted by Crippen LogP contribution is -2.28. The molecule has 0 saturated heterocycles. The van der Waals surface area contributed by atoms with E-state index in [0.717, 1.165) is 11.1 Å². The third-order valence-corrected chi connectivity index (χ3v) is 5.67. The minimum absolute atomic E-state index is 0.0111. The second-order valence-electron chi connectivity index (χ2n) is 6.28. The predicted octanol–water partition coefficient (Wildman–Crippen LogP) is 2.63. The molecule has 7 nitrogen and oxygen atoms in total. The Morgan fingerprint density at radius 2 is 1.50 bits per heavy atom. The summed E-state index contributed by atoms with van der Waals surface area (Å²) in [7, 11) is -3.86. The van der Waals surface area contributed by atoms with Gasteiger partial charge in [-0.15, -0.1) is 0 Å². The summed E-state index contributed by atoms with van der Waals surface area (Å²) >= 11 is 0. The Hall–Kier alpha value is -2.87. The summed E-state index contributed by atoms with van der Waals surface area (Å²) < 4.78 is 28.1. The highest BCUT2D eigenvalue weighted by molar-refractivity contribution is 7.92. The molecule has 8 heteroatoms. The molecule has 1 unspecified atom stereocenters. The Bertz CT molecular complexity index is 995. The lowest BCUT2D eigenvalue weighted by molar-refractivity contribution is -0.128. The summed E-state index contributed by atoms with van der Waals surface area (Å²) in [6.45, 7) is 5.12. The molecule has 0 aromatic heterocycles. The molecule has 1 atom stereocenters. The van der Waals surface area contributed by atoms with Crippen molar-refractivity contribution in [3.63, 3.8) is 0 Å². The van der Waals surface area contributed by atoms with Gasteiger partial charge in [0.05, 0.1) is 22.0 Å². The van der Waals surface area contributed by atoms with Gasteiger partial charge in [-0.2, -0.15) is 0 Å². The van der Waals surface area contributed by atoms with Crippen molar-refractivity contribution in [1.29, 1.82) is 0 Å². The number of benzene rings is 2. The maximum atomic E-state index is 12.8. The van der Waals surface area contributed by atoms with E-state index in [-0.39, 0.29) is 10.6 Å². The van der Waals surface area contributed by atoms with Crippen molar-refractivity contribution in [1.82, 2.24) is 0 Å². The molecule has 0 aliphatic carbocycles. The molecule has 26 heavy (non-hydrogen) atoms. The van der Waals surface area contributed by atoms with Crippen molar-refractivity contribution in [3.8, 4) is 0 Å². The third-order valence-electron chi connectivity index (χ3n) is 4.32. The van der Waals surface area contributed by atoms with Gasteiger partial charge in [0.2, 0.25) is 11.8 Å². The average molecular weight is 373 g/mol. The van der Waals surface area contributed by atoms with Crippen molar-refractivity contribution in [2.45, 2.75) is 25.7 Å². The monoisotopic (exact) mass is 373 g/mol. The van der Waals surface area contributed by atoms with E-state index in [1.807, 2.05) is 32.0 Å². The Balaban J connectivity index is 1.99. The number of fused-ring (bicyclic) bond motifs is 1. The highest BCUT2D eigenvalue weighted by atomic mass is 32.2. The second-order valence-corrected chi connectivity index (χ2v) is 7.96. The van der Waals surface area contributed by atoms with E-state index in [1.165, 1.54) is 25.1 Å². The van der Waals surface area contributed by atoms with E-state index < -0.39 is 27.8 Å². The van der Waals surface area contributed by atoms with Crippen molar-refractivity contribution < 1.29 is 18.0 Å². The first-order chi connectivity index (χ1) is 12.2. The zero-order valence-corrected chi connectivity index (χ0v) is 15.4. The van der Waals surface area contributed by atoms with Gasteiger partial charge in [0.15, 0.2) is 0 Å². The lowest BCUT2D eigenvalue weighted by atomic mass is 10.1. The predicted molar refractivity (Wildman–Crippen MR) is 99.6 cm³/mol. The number of para-hydroxylation sites is 1. The number of carbonyl (C=O) groups excluding carboxylic acids is 2. The van der Waals surface area contributed by atoms with E-state index in [2.05, 4.69) is 15.4 Å². The minimum Gasteiger partial charge on any atom is -0.324 e. The van der Waals surface area contributed by atoms with Gasteiger partial charge in [-0.3, -0.25) is 14.3 Å². The molecule has 3 N–H and O–H groups in total. The van der Waals surface area contributed by atoms with Crippen LogP contribution in [-0.4, -0.2) is 20.2 Å². The molecular formula is C18H19N3O4S. The van der Waals surface area contributed by atoms with Crippen LogP contribution in [0.15, 0.2) is 41.3 Å². The number of carbonyl (C=O) groups is 2. The topological polar surface area (TPSA) is 104 Å². The van der Waals surface area contributed by atoms with Gasteiger partial charge in [-0.25, -0.2) is 8.42 Å². The summed E-state index contributed by atoms with van der Waals surface area (Å²) in [5.41, 5.74) is 2.74. The summed E-state index contributed by atoms with van der Waals surface area (Å²) in [5, 5.41) is 5.20. The number of amides is 2. The fourth-order valence-electron chi connectivity index (χ4n) is 2.67. The summed E-state index contributed by atoms with van der Waals surface area (Å²) in [5.74, 6) is -1.79. The molecule has 1 heterocycles. The molecule has 2 amide bonds. The van der Waals surface area contributed by atoms with Crippen LogP contribution >= 0.6 is 0 Å². The molecule has 0 spiro atoms. The Kier molecular flexibility index (Phi) is 4.45. The minimum atomic E-state index is -3.86. The van der Waals surface area contributed by atoms with Crippen LogP contribution in [0, 0.1) is 19.8 Å². The molecule has 0 saturated carbocycles. The Morgan fingerprint density at radius 3 is 2.12 bits per heavy atom. The zero-order chi connectivity index (χ0) is 19.1. The van der Waals surface area contributed by atoms with E-state index in [4.69, 9.17) is 0 Å². The maximum Gasteiger partial charge on any atom is 0.261 e. The molecule has 1 aliphatic heterocycles. The summed E-state index contributed by atoms with van der Waals surface area (Å²) in [6, 6.07) is 9.67. The molecule has 3 rings (SSSR count). The first kappa shape index (κ1) is 17.9. The van der Waals surface area contributed by atoms with Gasteiger partial charge in [-0.05, 0) is 50.1 Å². The molecule has 136 valence electrons. The molecule has 2 aromatic rings. The largest absolute Gasteiger partial charge is 0.324 e. The number of sulfonamides is 1. The number of anilines is 3. The average Bonchev–Trinajstić information content (AvgIpc) is 2.68. The fourth-order valence-corrected chi connectivity index (χ4v) is 3.90. The van der Waals surface area contributed by atoms with Crippen molar-refractivity contribution in [2.24, 2.45) is 5.92 Å². The summed E-state index contributed by atoms with van der Waals surface area (Å²) in [6.07, 6.45) is 0. The summed E-state index contributed by atoms with van der Waals surface area (Å²) in [4.78, 5) is 23.9. The van der Waals surface area contributed by atoms with E-state index in [9.17, 15) is 18.0 Å². The van der Waals surface area contributed by atoms with Gasteiger partial charge in [0.25, 0.3) is 10.0 Å². The maximum absolute atomic E-state index is 12.8. The smallest absolute Gasteiger partial charge is 0.261 e. The van der Waals surface area contributed by atoms with Crippen LogP contribution in [0.2, 0.25) is 0 Å². The van der Waals surface area contributed by atoms with Gasteiger partial charge < -0.3 is 10.6 Å². The standard InChI is InChI=1S/C18H19N3O4S/c1-10-5-4-6-11(2)16(10)21-26(24,25)13-7-8-14-15(9-13)20-18(23)12(3)17(22)19-14/h4-9,12,21H,1-3H3,(H,19,22)(H,20,23). The van der Waals surface area contributed by atoms with Crippen LogP contribution < -0.4 is 15.4 Å². The van der Waals surface area contributed by atoms with Gasteiger partial charge in [0.1, 0.15) is 5.92 Å². The first-order valence-corrected chi connectivity index (χ1v) is 9.52. The molecule has 1 aliphatic rings. The van der Waals surface area contributed by atoms with Gasteiger partial charge >= 0.3 is 0 Å². The highest BCUT2D eigenvalue weighted by Gasteiger charge is 2.28. The van der Waals surface area contributed by atoms with Crippen molar-refractivity contribution in [2.75, 3.05) is 15.4 Å². The van der Waals surface area contributed by atoms with Crippen LogP contribution in [-0.2, 0) is 19.6 Å². The quantitative estimate of drug-likeness (QED) is 0.719. The number of nitrogens with one attached hydrogen (secondary N) is 3. The van der Waals surface area contributed by atoms with E-state index >= 15 is 0 Å². The van der Waals surface area contributed by atoms with Crippen LogP contribution in [0.5, 0.6) is 0 Å². The fraction of sp³-hybridized carbons (Fsp3) is 0.222. The number of hydrogen-bond acceptors (Lipinski definition) is 4. The SMILES string of the molecule is Cc1cccc(C)c1NS(=O)(=O)c1ccc2c(c1)NC(=O)C(C)C(=O)N2. The molecule has 0 fully saturated rings. The number of aryl methyl sites for hydroxylation is 2. The van der Waals surface area contributed by atoms with Crippen LogP contribution in [0.3, 0.4) is 0 Å². The van der Waals surface area contributed by atoms with Crippen molar-refractivity contribution in [3.05, 3.63) is 47.5 Å². The molecule has 0 bridgehead atoms. The van der Waals surface area contributed by atoms with Crippen LogP contribution in [0.4, 0.5) is 17.1 Å². The second kappa shape index (κ2) is 6.45. The van der Waals surface area contributed by atoms with Crippen LogP contribution in [0.1, 0.15) is 18.1 Å². The Labute approximate surface area is 151 Å². The number of hydrogen-bond donors (Lipinski definition) is 3. The van der Waals surface area contributed by atoms with E-state index in [1.54, 1.807) is 0 Å². The Morgan fingerprint density at radius 1 is 0.923 bits per heavy atom.